The van der Waals surface area contributed by atoms with Gasteiger partial charge in [0.05, 0.1) is 17.0 Å². The molecule has 9 nitrogen and oxygen atoms in total. The molecule has 2 N–H and O–H groups in total. The third-order valence-corrected chi connectivity index (χ3v) is 5.21. The van der Waals surface area contributed by atoms with Crippen molar-refractivity contribution >= 4 is 17.2 Å². The van der Waals surface area contributed by atoms with Gasteiger partial charge in [-0.2, -0.15) is 21.4 Å². The summed E-state index contributed by atoms with van der Waals surface area (Å²) >= 11 is 1.61. The van der Waals surface area contributed by atoms with Crippen molar-refractivity contribution in [3.63, 3.8) is 0 Å². The molecule has 4 heterocycles. The molecule has 0 aromatic carbocycles. The number of aromatic amines is 1. The molecular formula is C20H21N7O2S. The molecule has 1 unspecified atom stereocenters. The van der Waals surface area contributed by atoms with E-state index in [0.29, 0.717) is 41.1 Å². The zero-order valence-corrected chi connectivity index (χ0v) is 17.6. The Bertz CT molecular complexity index is 1120. The molecule has 0 bridgehead atoms. The standard InChI is InChI=1S/C20H21N7O2S/c1-11(2)8-16(20-25-18(27-29-20)17-21-10-22-26-17)24-19(28)14-4-5-15(23-12(14)3)13-6-7-30-9-13/h4-7,9-11,16H,8H2,1-3H3,(H,24,28)(H,21,22,26). The summed E-state index contributed by atoms with van der Waals surface area (Å²) in [6.45, 7) is 5.96. The summed E-state index contributed by atoms with van der Waals surface area (Å²) in [7, 11) is 0. The average molecular weight is 424 g/mol. The van der Waals surface area contributed by atoms with Crippen molar-refractivity contribution in [1.82, 2.24) is 35.6 Å². The second kappa shape index (κ2) is 8.54. The molecular weight excluding hydrogens is 402 g/mol. The predicted octanol–water partition coefficient (Wildman–Crippen LogP) is 3.80. The van der Waals surface area contributed by atoms with Crippen LogP contribution in [-0.2, 0) is 0 Å². The van der Waals surface area contributed by atoms with Gasteiger partial charge >= 0.3 is 0 Å². The maximum atomic E-state index is 13.0. The molecule has 0 aliphatic carbocycles. The molecule has 0 spiro atoms. The summed E-state index contributed by atoms with van der Waals surface area (Å²) in [5, 5.41) is 17.5. The first-order valence-corrected chi connectivity index (χ1v) is 10.5. The number of aryl methyl sites for hydroxylation is 1. The Hall–Kier alpha value is -3.40. The highest BCUT2D eigenvalue weighted by Crippen LogP contribution is 2.24. The van der Waals surface area contributed by atoms with E-state index in [9.17, 15) is 4.79 Å². The summed E-state index contributed by atoms with van der Waals surface area (Å²) in [5.41, 5.74) is 3.06. The van der Waals surface area contributed by atoms with Gasteiger partial charge in [0.15, 0.2) is 5.82 Å². The lowest BCUT2D eigenvalue weighted by Crippen LogP contribution is -2.30. The summed E-state index contributed by atoms with van der Waals surface area (Å²) in [4.78, 5) is 26.0. The van der Waals surface area contributed by atoms with Gasteiger partial charge in [-0.05, 0) is 42.8 Å². The second-order valence-electron chi connectivity index (χ2n) is 7.29. The number of thiophene rings is 1. The van der Waals surface area contributed by atoms with E-state index in [1.54, 1.807) is 17.4 Å². The highest BCUT2D eigenvalue weighted by molar-refractivity contribution is 7.08. The van der Waals surface area contributed by atoms with Crippen LogP contribution in [0.3, 0.4) is 0 Å². The van der Waals surface area contributed by atoms with Gasteiger partial charge in [-0.1, -0.05) is 19.0 Å². The van der Waals surface area contributed by atoms with Crippen LogP contribution in [0.15, 0.2) is 39.8 Å². The fraction of sp³-hybridized carbons (Fsp3) is 0.300. The highest BCUT2D eigenvalue weighted by Gasteiger charge is 2.25. The van der Waals surface area contributed by atoms with E-state index in [1.165, 1.54) is 6.33 Å². The van der Waals surface area contributed by atoms with Crippen molar-refractivity contribution in [2.75, 3.05) is 0 Å². The highest BCUT2D eigenvalue weighted by atomic mass is 32.1. The molecule has 0 fully saturated rings. The minimum atomic E-state index is -0.433. The Morgan fingerprint density at radius 1 is 1.27 bits per heavy atom. The largest absolute Gasteiger partial charge is 0.340 e. The molecule has 0 radical (unpaired) electrons. The van der Waals surface area contributed by atoms with Gasteiger partial charge < -0.3 is 9.84 Å². The number of hydrogen-bond acceptors (Lipinski definition) is 8. The number of carbonyl (C=O) groups excluding carboxylic acids is 1. The topological polar surface area (TPSA) is 122 Å². The van der Waals surface area contributed by atoms with Crippen LogP contribution in [0.4, 0.5) is 0 Å². The van der Waals surface area contributed by atoms with Crippen molar-refractivity contribution in [2.24, 2.45) is 5.92 Å². The number of carbonyl (C=O) groups is 1. The smallest absolute Gasteiger partial charge is 0.253 e. The minimum absolute atomic E-state index is 0.234. The number of rotatable bonds is 7. The van der Waals surface area contributed by atoms with E-state index in [1.807, 2.05) is 29.8 Å². The van der Waals surface area contributed by atoms with Crippen molar-refractivity contribution in [1.29, 1.82) is 0 Å². The van der Waals surface area contributed by atoms with Gasteiger partial charge in [0.25, 0.3) is 5.91 Å². The summed E-state index contributed by atoms with van der Waals surface area (Å²) in [6, 6.07) is 5.23. The van der Waals surface area contributed by atoms with E-state index >= 15 is 0 Å². The quantitative estimate of drug-likeness (QED) is 0.463. The van der Waals surface area contributed by atoms with Crippen LogP contribution in [0.2, 0.25) is 0 Å². The van der Waals surface area contributed by atoms with Crippen LogP contribution in [0.25, 0.3) is 22.9 Å². The number of aromatic nitrogens is 6. The molecule has 154 valence electrons. The zero-order valence-electron chi connectivity index (χ0n) is 16.8. The van der Waals surface area contributed by atoms with E-state index in [4.69, 9.17) is 4.52 Å². The number of pyridine rings is 1. The summed E-state index contributed by atoms with van der Waals surface area (Å²) < 4.78 is 5.41. The molecule has 0 aliphatic heterocycles. The van der Waals surface area contributed by atoms with Crippen LogP contribution in [0.5, 0.6) is 0 Å². The van der Waals surface area contributed by atoms with Crippen molar-refractivity contribution in [3.8, 4) is 22.9 Å². The number of hydrogen-bond donors (Lipinski definition) is 2. The number of amides is 1. The van der Waals surface area contributed by atoms with Crippen molar-refractivity contribution in [3.05, 3.63) is 52.4 Å². The normalized spacial score (nSPS) is 12.3. The lowest BCUT2D eigenvalue weighted by Gasteiger charge is -2.17. The van der Waals surface area contributed by atoms with Crippen LogP contribution in [0, 0.1) is 12.8 Å². The third-order valence-electron chi connectivity index (χ3n) is 4.53. The first-order chi connectivity index (χ1) is 14.5. The molecule has 4 aromatic heterocycles. The molecule has 1 amide bonds. The van der Waals surface area contributed by atoms with Crippen molar-refractivity contribution in [2.45, 2.75) is 33.2 Å². The molecule has 1 atom stereocenters. The maximum absolute atomic E-state index is 13.0. The fourth-order valence-electron chi connectivity index (χ4n) is 3.09. The summed E-state index contributed by atoms with van der Waals surface area (Å²) in [5.74, 6) is 1.09. The molecule has 0 saturated heterocycles. The summed E-state index contributed by atoms with van der Waals surface area (Å²) in [6.07, 6.45) is 2.01. The van der Waals surface area contributed by atoms with Crippen LogP contribution >= 0.6 is 11.3 Å². The van der Waals surface area contributed by atoms with E-state index in [0.717, 1.165) is 11.3 Å². The lowest BCUT2D eigenvalue weighted by molar-refractivity contribution is 0.0921. The Morgan fingerprint density at radius 3 is 2.80 bits per heavy atom. The average Bonchev–Trinajstić information content (AvgIpc) is 3.49. The third kappa shape index (κ3) is 4.28. The van der Waals surface area contributed by atoms with E-state index in [-0.39, 0.29) is 5.91 Å². The van der Waals surface area contributed by atoms with Crippen LogP contribution in [0.1, 0.15) is 48.3 Å². The maximum Gasteiger partial charge on any atom is 0.253 e. The lowest BCUT2D eigenvalue weighted by atomic mass is 10.0. The van der Waals surface area contributed by atoms with Gasteiger partial charge in [0.1, 0.15) is 12.4 Å². The number of H-pyrrole nitrogens is 1. The van der Waals surface area contributed by atoms with Gasteiger partial charge in [-0.25, -0.2) is 4.98 Å². The SMILES string of the molecule is Cc1nc(-c2ccsc2)ccc1C(=O)NC(CC(C)C)c1nc(-c2ncn[nH]2)no1. The molecule has 0 saturated carbocycles. The fourth-order valence-corrected chi connectivity index (χ4v) is 3.74. The van der Waals surface area contributed by atoms with Gasteiger partial charge in [-0.15, -0.1) is 0 Å². The van der Waals surface area contributed by atoms with Crippen molar-refractivity contribution < 1.29 is 9.32 Å². The van der Waals surface area contributed by atoms with Gasteiger partial charge in [0, 0.05) is 10.9 Å². The Morgan fingerprint density at radius 2 is 2.13 bits per heavy atom. The monoisotopic (exact) mass is 423 g/mol. The molecule has 0 aliphatic rings. The van der Waals surface area contributed by atoms with Crippen LogP contribution in [-0.4, -0.2) is 36.2 Å². The Kier molecular flexibility index (Phi) is 5.66. The van der Waals surface area contributed by atoms with E-state index in [2.05, 4.69) is 49.5 Å². The van der Waals surface area contributed by atoms with Gasteiger partial charge in [-0.3, -0.25) is 14.9 Å². The number of nitrogens with one attached hydrogen (secondary N) is 2. The second-order valence-corrected chi connectivity index (χ2v) is 8.07. The molecule has 30 heavy (non-hydrogen) atoms. The molecule has 10 heteroatoms. The Balaban J connectivity index is 1.55. The van der Waals surface area contributed by atoms with Gasteiger partial charge in [0.2, 0.25) is 11.7 Å². The minimum Gasteiger partial charge on any atom is -0.340 e. The van der Waals surface area contributed by atoms with Crippen LogP contribution < -0.4 is 5.32 Å². The first-order valence-electron chi connectivity index (χ1n) is 9.51. The zero-order chi connectivity index (χ0) is 21.1. The van der Waals surface area contributed by atoms with E-state index < -0.39 is 6.04 Å². The molecule has 4 aromatic rings. The molecule has 4 rings (SSSR count). The first kappa shape index (κ1) is 19.9. The Labute approximate surface area is 177 Å². The number of nitrogens with zero attached hydrogens (tertiary/aromatic N) is 5. The predicted molar refractivity (Wildman–Crippen MR) is 112 cm³/mol.